The van der Waals surface area contributed by atoms with Crippen molar-refractivity contribution in [1.82, 2.24) is 20.5 Å². The SMILES string of the molecule is CCOC(C)(C)CNC(=O)c1n[nH]c(C(C)(C)C)n1. The number of aromatic nitrogens is 3. The molecule has 2 N–H and O–H groups in total. The molecule has 0 bridgehead atoms. The van der Waals surface area contributed by atoms with Gasteiger partial charge in [-0.3, -0.25) is 9.89 Å². The summed E-state index contributed by atoms with van der Waals surface area (Å²) in [5, 5.41) is 9.52. The molecule has 0 aliphatic heterocycles. The van der Waals surface area contributed by atoms with E-state index in [-0.39, 0.29) is 17.1 Å². The topological polar surface area (TPSA) is 79.9 Å². The highest BCUT2D eigenvalue weighted by Gasteiger charge is 2.23. The van der Waals surface area contributed by atoms with E-state index in [1.54, 1.807) is 0 Å². The van der Waals surface area contributed by atoms with Crippen LogP contribution >= 0.6 is 0 Å². The molecule has 0 aliphatic carbocycles. The smallest absolute Gasteiger partial charge is 0.291 e. The lowest BCUT2D eigenvalue weighted by Gasteiger charge is -2.24. The van der Waals surface area contributed by atoms with Crippen molar-refractivity contribution in [2.24, 2.45) is 0 Å². The van der Waals surface area contributed by atoms with Gasteiger partial charge < -0.3 is 10.1 Å². The first-order chi connectivity index (χ1) is 8.65. The molecule has 108 valence electrons. The average molecular weight is 268 g/mol. The lowest BCUT2D eigenvalue weighted by atomic mass is 9.96. The van der Waals surface area contributed by atoms with E-state index in [2.05, 4.69) is 20.5 Å². The number of H-pyrrole nitrogens is 1. The van der Waals surface area contributed by atoms with Crippen molar-refractivity contribution in [3.8, 4) is 0 Å². The second kappa shape index (κ2) is 5.69. The second-order valence-corrected chi connectivity index (χ2v) is 6.13. The molecule has 0 spiro atoms. The predicted octanol–water partition coefficient (Wildman–Crippen LogP) is 1.65. The predicted molar refractivity (Wildman–Crippen MR) is 73.1 cm³/mol. The average Bonchev–Trinajstić information content (AvgIpc) is 2.74. The van der Waals surface area contributed by atoms with Crippen molar-refractivity contribution in [2.45, 2.75) is 52.6 Å². The maximum absolute atomic E-state index is 11.9. The Morgan fingerprint density at radius 1 is 1.32 bits per heavy atom. The highest BCUT2D eigenvalue weighted by atomic mass is 16.5. The van der Waals surface area contributed by atoms with Crippen LogP contribution in [-0.4, -0.2) is 39.8 Å². The molecule has 1 aromatic heterocycles. The summed E-state index contributed by atoms with van der Waals surface area (Å²) in [6.45, 7) is 12.8. The van der Waals surface area contributed by atoms with Crippen LogP contribution in [0, 0.1) is 0 Å². The molecule has 6 nitrogen and oxygen atoms in total. The normalized spacial score (nSPS) is 12.5. The number of hydrogen-bond donors (Lipinski definition) is 2. The number of ether oxygens (including phenoxy) is 1. The van der Waals surface area contributed by atoms with Gasteiger partial charge in [-0.15, -0.1) is 5.10 Å². The molecular formula is C13H24N4O2. The Morgan fingerprint density at radius 3 is 2.42 bits per heavy atom. The third-order valence-electron chi connectivity index (χ3n) is 2.61. The summed E-state index contributed by atoms with van der Waals surface area (Å²) in [5.74, 6) is 0.568. The minimum absolute atomic E-state index is 0.157. The number of rotatable bonds is 5. The van der Waals surface area contributed by atoms with Crippen LogP contribution in [0.4, 0.5) is 0 Å². The van der Waals surface area contributed by atoms with Gasteiger partial charge in [-0.1, -0.05) is 20.8 Å². The fraction of sp³-hybridized carbons (Fsp3) is 0.769. The third-order valence-corrected chi connectivity index (χ3v) is 2.61. The van der Waals surface area contributed by atoms with E-state index in [1.165, 1.54) is 0 Å². The fourth-order valence-electron chi connectivity index (χ4n) is 1.51. The van der Waals surface area contributed by atoms with E-state index < -0.39 is 5.60 Å². The number of aromatic amines is 1. The summed E-state index contributed by atoms with van der Waals surface area (Å²) >= 11 is 0. The van der Waals surface area contributed by atoms with Gasteiger partial charge in [0, 0.05) is 18.6 Å². The number of nitrogens with zero attached hydrogens (tertiary/aromatic N) is 2. The van der Waals surface area contributed by atoms with E-state index in [9.17, 15) is 4.79 Å². The first-order valence-electron chi connectivity index (χ1n) is 6.51. The molecule has 0 saturated carbocycles. The Bertz CT molecular complexity index is 432. The molecule has 0 aromatic carbocycles. The Kier molecular flexibility index (Phi) is 4.68. The van der Waals surface area contributed by atoms with Crippen LogP contribution < -0.4 is 5.32 Å². The van der Waals surface area contributed by atoms with Gasteiger partial charge in [0.15, 0.2) is 0 Å². The van der Waals surface area contributed by atoms with E-state index >= 15 is 0 Å². The summed E-state index contributed by atoms with van der Waals surface area (Å²) in [6, 6.07) is 0. The molecule has 1 rings (SSSR count). The zero-order valence-electron chi connectivity index (χ0n) is 12.6. The number of nitrogens with one attached hydrogen (secondary N) is 2. The molecule has 1 heterocycles. The largest absolute Gasteiger partial charge is 0.374 e. The summed E-state index contributed by atoms with van der Waals surface area (Å²) in [4.78, 5) is 16.1. The molecule has 1 amide bonds. The van der Waals surface area contributed by atoms with Gasteiger partial charge in [-0.25, -0.2) is 4.98 Å². The lowest BCUT2D eigenvalue weighted by molar-refractivity contribution is -0.00821. The van der Waals surface area contributed by atoms with Crippen LogP contribution in [0.1, 0.15) is 58.0 Å². The molecule has 1 aromatic rings. The first kappa shape index (κ1) is 15.6. The Morgan fingerprint density at radius 2 is 1.95 bits per heavy atom. The third kappa shape index (κ3) is 4.63. The summed E-state index contributed by atoms with van der Waals surface area (Å²) in [6.07, 6.45) is 0. The Balaban J connectivity index is 2.62. The summed E-state index contributed by atoms with van der Waals surface area (Å²) in [7, 11) is 0. The second-order valence-electron chi connectivity index (χ2n) is 6.13. The van der Waals surface area contributed by atoms with Crippen molar-refractivity contribution in [1.29, 1.82) is 0 Å². The van der Waals surface area contributed by atoms with E-state index in [0.717, 1.165) is 0 Å². The van der Waals surface area contributed by atoms with E-state index in [4.69, 9.17) is 4.74 Å². The van der Waals surface area contributed by atoms with Crippen molar-refractivity contribution in [3.05, 3.63) is 11.6 Å². The van der Waals surface area contributed by atoms with Gasteiger partial charge in [0.25, 0.3) is 5.91 Å². The fourth-order valence-corrected chi connectivity index (χ4v) is 1.51. The summed E-state index contributed by atoms with van der Waals surface area (Å²) < 4.78 is 5.51. The molecule has 0 atom stereocenters. The Hall–Kier alpha value is -1.43. The van der Waals surface area contributed by atoms with Crippen molar-refractivity contribution < 1.29 is 9.53 Å². The number of hydrogen-bond acceptors (Lipinski definition) is 4. The molecular weight excluding hydrogens is 244 g/mol. The van der Waals surface area contributed by atoms with Crippen LogP contribution in [-0.2, 0) is 10.2 Å². The number of carbonyl (C=O) groups excluding carboxylic acids is 1. The van der Waals surface area contributed by atoms with Crippen LogP contribution in [0.3, 0.4) is 0 Å². The van der Waals surface area contributed by atoms with E-state index in [0.29, 0.717) is 19.0 Å². The molecule has 0 radical (unpaired) electrons. The van der Waals surface area contributed by atoms with Crippen LogP contribution in [0.2, 0.25) is 0 Å². The molecule has 0 aliphatic rings. The van der Waals surface area contributed by atoms with Crippen LogP contribution in [0.15, 0.2) is 0 Å². The Labute approximate surface area is 114 Å². The maximum atomic E-state index is 11.9. The van der Waals surface area contributed by atoms with Gasteiger partial charge >= 0.3 is 0 Å². The quantitative estimate of drug-likeness (QED) is 0.851. The zero-order chi connectivity index (χ0) is 14.7. The van der Waals surface area contributed by atoms with Gasteiger partial charge in [-0.05, 0) is 20.8 Å². The van der Waals surface area contributed by atoms with Gasteiger partial charge in [0.05, 0.1) is 5.60 Å². The van der Waals surface area contributed by atoms with Crippen LogP contribution in [0.5, 0.6) is 0 Å². The van der Waals surface area contributed by atoms with Gasteiger partial charge in [0.2, 0.25) is 5.82 Å². The number of carbonyl (C=O) groups is 1. The molecule has 0 saturated heterocycles. The highest BCUT2D eigenvalue weighted by Crippen LogP contribution is 2.17. The van der Waals surface area contributed by atoms with Crippen molar-refractivity contribution in [2.75, 3.05) is 13.2 Å². The minimum Gasteiger partial charge on any atom is -0.374 e. The summed E-state index contributed by atoms with van der Waals surface area (Å²) in [5.41, 5.74) is -0.552. The molecule has 6 heteroatoms. The van der Waals surface area contributed by atoms with Crippen molar-refractivity contribution in [3.63, 3.8) is 0 Å². The monoisotopic (exact) mass is 268 g/mol. The standard InChI is InChI=1S/C13H24N4O2/c1-7-19-13(5,6)8-14-10(18)9-15-11(17-16-9)12(2,3)4/h7-8H2,1-6H3,(H,14,18)(H,15,16,17). The minimum atomic E-state index is -0.395. The highest BCUT2D eigenvalue weighted by molar-refractivity contribution is 5.90. The molecule has 0 fully saturated rings. The van der Waals surface area contributed by atoms with E-state index in [1.807, 2.05) is 41.5 Å². The molecule has 0 unspecified atom stereocenters. The maximum Gasteiger partial charge on any atom is 0.291 e. The van der Waals surface area contributed by atoms with Gasteiger partial charge in [-0.2, -0.15) is 0 Å². The van der Waals surface area contributed by atoms with Crippen LogP contribution in [0.25, 0.3) is 0 Å². The first-order valence-corrected chi connectivity index (χ1v) is 6.51. The van der Waals surface area contributed by atoms with Gasteiger partial charge in [0.1, 0.15) is 5.82 Å². The lowest BCUT2D eigenvalue weighted by Crippen LogP contribution is -2.40. The number of amides is 1. The molecule has 19 heavy (non-hydrogen) atoms. The zero-order valence-corrected chi connectivity index (χ0v) is 12.6. The van der Waals surface area contributed by atoms with Crippen molar-refractivity contribution >= 4 is 5.91 Å².